The summed E-state index contributed by atoms with van der Waals surface area (Å²) < 4.78 is 23.7. The van der Waals surface area contributed by atoms with Gasteiger partial charge in [0.2, 0.25) is 5.91 Å². The number of hydrogen-bond donors (Lipinski definition) is 2. The number of carbonyl (C=O) groups is 2. The smallest absolute Gasteiger partial charge is 0.255 e. The fourth-order valence-electron chi connectivity index (χ4n) is 2.17. The number of anilines is 2. The SMILES string of the molecule is CCS(=O)(=O)c1ccc(NC(=O)c2cccc(NC(=O)C(C)(C)C)c2)cc1. The first-order chi connectivity index (χ1) is 12.5. The summed E-state index contributed by atoms with van der Waals surface area (Å²) in [5, 5.41) is 5.51. The molecule has 7 heteroatoms. The molecular formula is C20H24N2O4S. The van der Waals surface area contributed by atoms with Crippen LogP contribution in [0.15, 0.2) is 53.4 Å². The molecule has 0 spiro atoms. The van der Waals surface area contributed by atoms with E-state index < -0.39 is 15.3 Å². The van der Waals surface area contributed by atoms with Crippen LogP contribution in [-0.2, 0) is 14.6 Å². The Morgan fingerprint density at radius 3 is 2.11 bits per heavy atom. The second kappa shape index (κ2) is 7.92. The van der Waals surface area contributed by atoms with E-state index >= 15 is 0 Å². The van der Waals surface area contributed by atoms with Crippen LogP contribution in [0.1, 0.15) is 38.1 Å². The Kier molecular flexibility index (Phi) is 6.05. The third kappa shape index (κ3) is 5.40. The molecule has 6 nitrogen and oxygen atoms in total. The quantitative estimate of drug-likeness (QED) is 0.816. The standard InChI is InChI=1S/C20H24N2O4S/c1-5-27(25,26)17-11-9-15(10-12-17)21-18(23)14-7-6-8-16(13-14)22-19(24)20(2,3)4/h6-13H,5H2,1-4H3,(H,21,23)(H,22,24). The van der Waals surface area contributed by atoms with Gasteiger partial charge in [-0.3, -0.25) is 9.59 Å². The van der Waals surface area contributed by atoms with Crippen LogP contribution in [0.3, 0.4) is 0 Å². The minimum atomic E-state index is -3.28. The number of amides is 2. The average Bonchev–Trinajstić information content (AvgIpc) is 2.61. The van der Waals surface area contributed by atoms with Gasteiger partial charge in [-0.2, -0.15) is 0 Å². The van der Waals surface area contributed by atoms with Gasteiger partial charge in [0.15, 0.2) is 9.84 Å². The third-order valence-electron chi connectivity index (χ3n) is 3.92. The lowest BCUT2D eigenvalue weighted by Crippen LogP contribution is -2.27. The van der Waals surface area contributed by atoms with Crippen molar-refractivity contribution in [2.75, 3.05) is 16.4 Å². The molecule has 0 heterocycles. The van der Waals surface area contributed by atoms with Gasteiger partial charge in [0.25, 0.3) is 5.91 Å². The van der Waals surface area contributed by atoms with Crippen LogP contribution in [0.4, 0.5) is 11.4 Å². The van der Waals surface area contributed by atoms with Gasteiger partial charge in [-0.1, -0.05) is 33.8 Å². The van der Waals surface area contributed by atoms with Crippen LogP contribution < -0.4 is 10.6 Å². The highest BCUT2D eigenvalue weighted by molar-refractivity contribution is 7.91. The maximum absolute atomic E-state index is 12.4. The minimum absolute atomic E-state index is 0.0196. The van der Waals surface area contributed by atoms with E-state index in [9.17, 15) is 18.0 Å². The fourth-order valence-corrected chi connectivity index (χ4v) is 3.06. The largest absolute Gasteiger partial charge is 0.326 e. The summed E-state index contributed by atoms with van der Waals surface area (Å²) >= 11 is 0. The van der Waals surface area contributed by atoms with Crippen LogP contribution in [0.5, 0.6) is 0 Å². The van der Waals surface area contributed by atoms with Crippen molar-refractivity contribution < 1.29 is 18.0 Å². The average molecular weight is 388 g/mol. The first-order valence-electron chi connectivity index (χ1n) is 8.58. The summed E-state index contributed by atoms with van der Waals surface area (Å²) in [6, 6.07) is 12.7. The van der Waals surface area contributed by atoms with E-state index in [1.54, 1.807) is 64.1 Å². The molecule has 0 bridgehead atoms. The lowest BCUT2D eigenvalue weighted by atomic mass is 9.95. The number of sulfone groups is 1. The number of carbonyl (C=O) groups excluding carboxylic acids is 2. The van der Waals surface area contributed by atoms with Crippen molar-refractivity contribution in [1.29, 1.82) is 0 Å². The van der Waals surface area contributed by atoms with Crippen molar-refractivity contribution in [3.8, 4) is 0 Å². The highest BCUT2D eigenvalue weighted by atomic mass is 32.2. The van der Waals surface area contributed by atoms with E-state index in [1.807, 2.05) is 0 Å². The topological polar surface area (TPSA) is 92.3 Å². The number of nitrogens with one attached hydrogen (secondary N) is 2. The molecule has 0 atom stereocenters. The van der Waals surface area contributed by atoms with E-state index in [0.717, 1.165) is 0 Å². The van der Waals surface area contributed by atoms with Crippen molar-refractivity contribution in [2.45, 2.75) is 32.6 Å². The minimum Gasteiger partial charge on any atom is -0.326 e. The highest BCUT2D eigenvalue weighted by Gasteiger charge is 2.21. The van der Waals surface area contributed by atoms with Crippen LogP contribution in [0.2, 0.25) is 0 Å². The van der Waals surface area contributed by atoms with Gasteiger partial charge in [0, 0.05) is 22.4 Å². The van der Waals surface area contributed by atoms with E-state index in [0.29, 0.717) is 16.9 Å². The zero-order valence-corrected chi connectivity index (χ0v) is 16.7. The van der Waals surface area contributed by atoms with Gasteiger partial charge in [-0.25, -0.2) is 8.42 Å². The molecule has 27 heavy (non-hydrogen) atoms. The molecule has 0 unspecified atom stereocenters. The maximum Gasteiger partial charge on any atom is 0.255 e. The van der Waals surface area contributed by atoms with E-state index in [2.05, 4.69) is 10.6 Å². The normalized spacial score (nSPS) is 11.7. The van der Waals surface area contributed by atoms with E-state index in [1.165, 1.54) is 12.1 Å². The Hall–Kier alpha value is -2.67. The molecule has 2 rings (SSSR count). The zero-order valence-electron chi connectivity index (χ0n) is 15.9. The molecular weight excluding hydrogens is 364 g/mol. The molecule has 2 amide bonds. The monoisotopic (exact) mass is 388 g/mol. The van der Waals surface area contributed by atoms with Crippen LogP contribution in [-0.4, -0.2) is 26.0 Å². The van der Waals surface area contributed by atoms with Crippen molar-refractivity contribution in [2.24, 2.45) is 5.41 Å². The molecule has 0 aromatic heterocycles. The number of benzene rings is 2. The van der Waals surface area contributed by atoms with Gasteiger partial charge in [0.05, 0.1) is 10.6 Å². The first kappa shape index (κ1) is 20.6. The second-order valence-corrected chi connectivity index (χ2v) is 9.45. The Bertz CT molecular complexity index is 943. The Morgan fingerprint density at radius 1 is 0.926 bits per heavy atom. The van der Waals surface area contributed by atoms with Gasteiger partial charge in [0.1, 0.15) is 0 Å². The molecule has 2 N–H and O–H groups in total. The second-order valence-electron chi connectivity index (χ2n) is 7.17. The number of rotatable bonds is 5. The lowest BCUT2D eigenvalue weighted by molar-refractivity contribution is -0.123. The maximum atomic E-state index is 12.4. The third-order valence-corrected chi connectivity index (χ3v) is 5.67. The van der Waals surface area contributed by atoms with Gasteiger partial charge >= 0.3 is 0 Å². The van der Waals surface area contributed by atoms with Crippen molar-refractivity contribution in [3.63, 3.8) is 0 Å². The highest BCUT2D eigenvalue weighted by Crippen LogP contribution is 2.20. The fraction of sp³-hybridized carbons (Fsp3) is 0.300. The van der Waals surface area contributed by atoms with Crippen molar-refractivity contribution in [1.82, 2.24) is 0 Å². The first-order valence-corrected chi connectivity index (χ1v) is 10.2. The molecule has 2 aromatic carbocycles. The van der Waals surface area contributed by atoms with Gasteiger partial charge < -0.3 is 10.6 Å². The molecule has 0 saturated heterocycles. The lowest BCUT2D eigenvalue weighted by Gasteiger charge is -2.18. The predicted molar refractivity (Wildman–Crippen MR) is 107 cm³/mol. The molecule has 0 radical (unpaired) electrons. The van der Waals surface area contributed by atoms with Crippen LogP contribution in [0.25, 0.3) is 0 Å². The molecule has 0 saturated carbocycles. The molecule has 0 fully saturated rings. The molecule has 0 aliphatic heterocycles. The summed E-state index contributed by atoms with van der Waals surface area (Å²) in [5.74, 6) is -0.480. The summed E-state index contributed by atoms with van der Waals surface area (Å²) in [6.45, 7) is 7.00. The van der Waals surface area contributed by atoms with Crippen molar-refractivity contribution >= 4 is 33.0 Å². The molecule has 0 aliphatic carbocycles. The van der Waals surface area contributed by atoms with Gasteiger partial charge in [-0.05, 0) is 42.5 Å². The summed E-state index contributed by atoms with van der Waals surface area (Å²) in [7, 11) is -3.28. The zero-order chi connectivity index (χ0) is 20.2. The van der Waals surface area contributed by atoms with Gasteiger partial charge in [-0.15, -0.1) is 0 Å². The van der Waals surface area contributed by atoms with E-state index in [-0.39, 0.29) is 22.5 Å². The Morgan fingerprint density at radius 2 is 1.56 bits per heavy atom. The predicted octanol–water partition coefficient (Wildman–Crippen LogP) is 3.72. The summed E-state index contributed by atoms with van der Waals surface area (Å²) in [5.41, 5.74) is 0.858. The molecule has 144 valence electrons. The summed E-state index contributed by atoms with van der Waals surface area (Å²) in [6.07, 6.45) is 0. The number of hydrogen-bond acceptors (Lipinski definition) is 4. The van der Waals surface area contributed by atoms with E-state index in [4.69, 9.17) is 0 Å². The Balaban J connectivity index is 2.12. The Labute approximate surface area is 159 Å². The van der Waals surface area contributed by atoms with Crippen LogP contribution >= 0.6 is 0 Å². The van der Waals surface area contributed by atoms with Crippen molar-refractivity contribution in [3.05, 3.63) is 54.1 Å². The van der Waals surface area contributed by atoms with Crippen LogP contribution in [0, 0.1) is 5.41 Å². The molecule has 2 aromatic rings. The molecule has 0 aliphatic rings. The summed E-state index contributed by atoms with van der Waals surface area (Å²) in [4.78, 5) is 24.7.